The number of carbonyl (C=O) groups excluding carboxylic acids is 1. The molecule has 7 nitrogen and oxygen atoms in total. The number of carbonyl (C=O) groups is 1. The van der Waals surface area contributed by atoms with Gasteiger partial charge in [0.1, 0.15) is 5.56 Å². The smallest absolute Gasteiger partial charge is 0.423 e. The summed E-state index contributed by atoms with van der Waals surface area (Å²) in [5, 5.41) is 11.7. The van der Waals surface area contributed by atoms with E-state index in [0.29, 0.717) is 24.6 Å². The van der Waals surface area contributed by atoms with E-state index in [9.17, 15) is 23.2 Å². The van der Waals surface area contributed by atoms with E-state index in [2.05, 4.69) is 0 Å². The van der Waals surface area contributed by atoms with E-state index >= 15 is 0 Å². The number of unbranched alkanes of at least 4 members (excludes halogenated alkanes) is 1. The van der Waals surface area contributed by atoms with Gasteiger partial charge in [-0.3, -0.25) is 4.79 Å². The van der Waals surface area contributed by atoms with Crippen LogP contribution in [0.1, 0.15) is 46.8 Å². The predicted molar refractivity (Wildman–Crippen MR) is 105 cm³/mol. The summed E-state index contributed by atoms with van der Waals surface area (Å²) in [7, 11) is 5.08. The Labute approximate surface area is 177 Å². The fourth-order valence-corrected chi connectivity index (χ4v) is 3.29. The summed E-state index contributed by atoms with van der Waals surface area (Å²) < 4.78 is 62.1. The number of benzene rings is 1. The second-order valence-electron chi connectivity index (χ2n) is 6.59. The number of nitrogens with zero attached hydrogens (tertiary/aromatic N) is 1. The molecule has 0 radical (unpaired) electrons. The van der Waals surface area contributed by atoms with E-state index in [1.54, 1.807) is 6.07 Å². The van der Waals surface area contributed by atoms with Crippen LogP contribution in [0, 0.1) is 5.21 Å². The Morgan fingerprint density at radius 3 is 2.06 bits per heavy atom. The Hall–Kier alpha value is -3.17. The van der Waals surface area contributed by atoms with Crippen molar-refractivity contribution in [3.63, 3.8) is 0 Å². The van der Waals surface area contributed by atoms with Crippen LogP contribution in [0.2, 0.25) is 0 Å². The maximum Gasteiger partial charge on any atom is 0.423 e. The third-order valence-corrected chi connectivity index (χ3v) is 4.71. The first-order valence-electron chi connectivity index (χ1n) is 9.38. The molecule has 0 bridgehead atoms. The highest BCUT2D eigenvalue weighted by Gasteiger charge is 2.42. The molecule has 31 heavy (non-hydrogen) atoms. The number of aryl methyl sites for hydroxylation is 1. The van der Waals surface area contributed by atoms with Crippen LogP contribution in [0.3, 0.4) is 0 Å². The monoisotopic (exact) mass is 443 g/mol. The molecule has 0 N–H and O–H groups in total. The van der Waals surface area contributed by atoms with Crippen molar-refractivity contribution < 1.29 is 41.6 Å². The molecule has 2 rings (SSSR count). The van der Waals surface area contributed by atoms with E-state index < -0.39 is 28.8 Å². The van der Waals surface area contributed by atoms with Gasteiger partial charge >= 0.3 is 6.18 Å². The minimum atomic E-state index is -4.97. The Balaban J connectivity index is 2.92. The summed E-state index contributed by atoms with van der Waals surface area (Å²) in [4.78, 5) is 13.6. The van der Waals surface area contributed by atoms with Crippen LogP contribution >= 0.6 is 0 Å². The molecular formula is C21H24F3NO6. The number of hydrogen-bond acceptors (Lipinski definition) is 6. The number of hydrogen-bond donors (Lipinski definition) is 0. The van der Waals surface area contributed by atoms with Gasteiger partial charge in [-0.2, -0.15) is 17.9 Å². The Morgan fingerprint density at radius 2 is 1.58 bits per heavy atom. The molecule has 0 saturated carbocycles. The molecule has 0 amide bonds. The Morgan fingerprint density at radius 1 is 0.968 bits per heavy atom. The van der Waals surface area contributed by atoms with Crippen molar-refractivity contribution in [2.24, 2.45) is 0 Å². The highest BCUT2D eigenvalue weighted by molar-refractivity contribution is 6.14. The highest BCUT2D eigenvalue weighted by atomic mass is 19.4. The van der Waals surface area contributed by atoms with Gasteiger partial charge in [0.05, 0.1) is 39.6 Å². The summed E-state index contributed by atoms with van der Waals surface area (Å²) in [6.07, 6.45) is -2.08. The second-order valence-corrected chi connectivity index (χ2v) is 6.59. The van der Waals surface area contributed by atoms with E-state index in [1.165, 1.54) is 21.3 Å². The number of ether oxygens (including phenoxy) is 4. The molecule has 0 aliphatic carbocycles. The average molecular weight is 443 g/mol. The van der Waals surface area contributed by atoms with Gasteiger partial charge in [0.15, 0.2) is 23.4 Å². The van der Waals surface area contributed by atoms with Crippen LogP contribution in [0.5, 0.6) is 23.0 Å². The van der Waals surface area contributed by atoms with Crippen molar-refractivity contribution in [2.75, 3.05) is 28.4 Å². The van der Waals surface area contributed by atoms with E-state index in [4.69, 9.17) is 18.9 Å². The van der Waals surface area contributed by atoms with Crippen LogP contribution in [0.15, 0.2) is 18.5 Å². The lowest BCUT2D eigenvalue weighted by Crippen LogP contribution is -2.30. The zero-order chi connectivity index (χ0) is 23.3. The van der Waals surface area contributed by atoms with Crippen LogP contribution in [-0.4, -0.2) is 34.2 Å². The summed E-state index contributed by atoms with van der Waals surface area (Å²) in [6, 6.07) is 1.54. The molecule has 1 aromatic heterocycles. The number of pyridine rings is 1. The molecule has 1 heterocycles. The van der Waals surface area contributed by atoms with Crippen LogP contribution in [0.25, 0.3) is 0 Å². The summed E-state index contributed by atoms with van der Waals surface area (Å²) >= 11 is 0. The summed E-state index contributed by atoms with van der Waals surface area (Å²) in [5.74, 6) is -1.24. The molecule has 2 aromatic rings. The predicted octanol–water partition coefficient (Wildman–Crippen LogP) is 3.95. The molecule has 0 saturated heterocycles. The van der Waals surface area contributed by atoms with Crippen molar-refractivity contribution in [1.82, 2.24) is 0 Å². The summed E-state index contributed by atoms with van der Waals surface area (Å²) in [6.45, 7) is 1.94. The number of aromatic nitrogens is 1. The first-order valence-corrected chi connectivity index (χ1v) is 9.38. The van der Waals surface area contributed by atoms with Crippen molar-refractivity contribution in [2.45, 2.75) is 32.4 Å². The highest BCUT2D eigenvalue weighted by Crippen LogP contribution is 2.45. The van der Waals surface area contributed by atoms with Crippen LogP contribution in [-0.2, 0) is 12.6 Å². The number of halogens is 3. The standard InChI is InChI=1S/C21H24F3NO6/c1-6-7-8-12-9-14(28-2)19(30-4)20(31-5)16(12)18(26)17-13(21(22,23)24)10-25(27)11-15(17)29-3/h9-11H,6-8H2,1-5H3. The second kappa shape index (κ2) is 9.76. The average Bonchev–Trinajstić information content (AvgIpc) is 2.74. The number of methoxy groups -OCH3 is 4. The van der Waals surface area contributed by atoms with Gasteiger partial charge in [-0.1, -0.05) is 13.3 Å². The number of rotatable bonds is 9. The largest absolute Gasteiger partial charge is 0.619 e. The lowest BCUT2D eigenvalue weighted by molar-refractivity contribution is -0.607. The van der Waals surface area contributed by atoms with Gasteiger partial charge in [-0.25, -0.2) is 0 Å². The zero-order valence-corrected chi connectivity index (χ0v) is 17.9. The molecule has 1 aromatic carbocycles. The fourth-order valence-electron chi connectivity index (χ4n) is 3.29. The van der Waals surface area contributed by atoms with Crippen molar-refractivity contribution in [1.29, 1.82) is 0 Å². The molecule has 0 unspecified atom stereocenters. The van der Waals surface area contributed by atoms with Gasteiger partial charge < -0.3 is 24.2 Å². The first-order chi connectivity index (χ1) is 14.6. The molecule has 0 fully saturated rings. The van der Waals surface area contributed by atoms with Gasteiger partial charge in [0.25, 0.3) is 0 Å². The topological polar surface area (TPSA) is 80.9 Å². The van der Waals surface area contributed by atoms with E-state index in [0.717, 1.165) is 19.7 Å². The van der Waals surface area contributed by atoms with Crippen LogP contribution in [0.4, 0.5) is 13.2 Å². The van der Waals surface area contributed by atoms with Crippen LogP contribution < -0.4 is 23.7 Å². The SMILES string of the molecule is CCCCc1cc(OC)c(OC)c(OC)c1C(=O)c1c(OC)c[n+]([O-])cc1C(F)(F)F. The van der Waals surface area contributed by atoms with Gasteiger partial charge in [0.2, 0.25) is 17.7 Å². The number of alkyl halides is 3. The lowest BCUT2D eigenvalue weighted by Gasteiger charge is -2.21. The van der Waals surface area contributed by atoms with Gasteiger partial charge in [0, 0.05) is 0 Å². The molecule has 0 atom stereocenters. The number of ketones is 1. The molecule has 10 heteroatoms. The minimum absolute atomic E-state index is 0.0533. The van der Waals surface area contributed by atoms with Crippen molar-refractivity contribution in [3.8, 4) is 23.0 Å². The maximum atomic E-state index is 13.7. The minimum Gasteiger partial charge on any atom is -0.619 e. The van der Waals surface area contributed by atoms with E-state index in [-0.39, 0.29) is 27.5 Å². The van der Waals surface area contributed by atoms with Gasteiger partial charge in [-0.15, -0.1) is 0 Å². The third kappa shape index (κ3) is 4.78. The van der Waals surface area contributed by atoms with Crippen molar-refractivity contribution >= 4 is 5.78 Å². The summed E-state index contributed by atoms with van der Waals surface area (Å²) in [5.41, 5.74) is -1.88. The lowest BCUT2D eigenvalue weighted by atomic mass is 9.91. The molecule has 0 spiro atoms. The zero-order valence-electron chi connectivity index (χ0n) is 17.9. The Kier molecular flexibility index (Phi) is 7.59. The van der Waals surface area contributed by atoms with E-state index in [1.807, 2.05) is 6.92 Å². The maximum absolute atomic E-state index is 13.7. The molecule has 0 aliphatic rings. The van der Waals surface area contributed by atoms with Crippen molar-refractivity contribution in [3.05, 3.63) is 45.9 Å². The molecule has 0 aliphatic heterocycles. The van der Waals surface area contributed by atoms with Gasteiger partial charge in [-0.05, 0) is 24.5 Å². The fraction of sp³-hybridized carbons (Fsp3) is 0.429. The first kappa shape index (κ1) is 24.1. The molecular weight excluding hydrogens is 419 g/mol. The quantitative estimate of drug-likeness (QED) is 0.332. The normalized spacial score (nSPS) is 11.2. The third-order valence-electron chi connectivity index (χ3n) is 4.71. The Bertz CT molecular complexity index is 959. The molecule has 170 valence electrons.